The molecule has 0 amide bonds. The quantitative estimate of drug-likeness (QED) is 0.675. The lowest BCUT2D eigenvalue weighted by atomic mass is 10.1. The molecule has 0 spiro atoms. The fraction of sp³-hybridized carbons (Fsp3) is 0.533. The molecule has 1 nitrogen and oxygen atoms in total. The van der Waals surface area contributed by atoms with Gasteiger partial charge in [-0.1, -0.05) is 43.2 Å². The van der Waals surface area contributed by atoms with Crippen molar-refractivity contribution in [2.45, 2.75) is 44.9 Å². The van der Waals surface area contributed by atoms with Crippen molar-refractivity contribution in [3.8, 4) is 0 Å². The van der Waals surface area contributed by atoms with E-state index in [1.54, 1.807) is 0 Å². The standard InChI is InChI=1S/C15H21N/c1-2-7-11-15(10-6-1)16-13-12-14-8-4-3-5-9-14/h3-5,8-9H,1-2,6-7,10-13H2. The van der Waals surface area contributed by atoms with E-state index >= 15 is 0 Å². The molecule has 1 fully saturated rings. The number of benzene rings is 1. The summed E-state index contributed by atoms with van der Waals surface area (Å²) in [4.78, 5) is 4.76. The third-order valence-corrected chi connectivity index (χ3v) is 3.26. The number of rotatable bonds is 3. The van der Waals surface area contributed by atoms with Crippen molar-refractivity contribution >= 4 is 5.71 Å². The molecule has 0 atom stereocenters. The molecule has 0 unspecified atom stereocenters. The van der Waals surface area contributed by atoms with Crippen molar-refractivity contribution in [2.24, 2.45) is 4.99 Å². The fourth-order valence-electron chi connectivity index (χ4n) is 2.28. The summed E-state index contributed by atoms with van der Waals surface area (Å²) in [5.41, 5.74) is 2.87. The van der Waals surface area contributed by atoms with Crippen LogP contribution in [-0.4, -0.2) is 12.3 Å². The predicted octanol–water partition coefficient (Wildman–Crippen LogP) is 4.02. The van der Waals surface area contributed by atoms with Crippen LogP contribution in [0.3, 0.4) is 0 Å². The van der Waals surface area contributed by atoms with Gasteiger partial charge in [-0.2, -0.15) is 0 Å². The van der Waals surface area contributed by atoms with Gasteiger partial charge in [0.25, 0.3) is 0 Å². The van der Waals surface area contributed by atoms with Crippen molar-refractivity contribution in [1.82, 2.24) is 0 Å². The molecule has 0 radical (unpaired) electrons. The number of hydrogen-bond donors (Lipinski definition) is 0. The van der Waals surface area contributed by atoms with Crippen molar-refractivity contribution < 1.29 is 0 Å². The summed E-state index contributed by atoms with van der Waals surface area (Å²) in [5, 5.41) is 0. The molecule has 1 heteroatoms. The van der Waals surface area contributed by atoms with Gasteiger partial charge >= 0.3 is 0 Å². The maximum atomic E-state index is 4.76. The van der Waals surface area contributed by atoms with Gasteiger partial charge in [0.2, 0.25) is 0 Å². The summed E-state index contributed by atoms with van der Waals surface area (Å²) < 4.78 is 0. The number of hydrogen-bond acceptors (Lipinski definition) is 1. The summed E-state index contributed by atoms with van der Waals surface area (Å²) in [6.07, 6.45) is 9.08. The van der Waals surface area contributed by atoms with Crippen LogP contribution in [0.2, 0.25) is 0 Å². The zero-order valence-corrected chi connectivity index (χ0v) is 9.99. The average Bonchev–Trinajstić information content (AvgIpc) is 2.59. The first-order valence-electron chi connectivity index (χ1n) is 6.51. The van der Waals surface area contributed by atoms with Gasteiger partial charge in [-0.15, -0.1) is 0 Å². The zero-order valence-electron chi connectivity index (χ0n) is 9.99. The van der Waals surface area contributed by atoms with Crippen LogP contribution in [-0.2, 0) is 6.42 Å². The molecule has 1 aromatic rings. The number of nitrogens with zero attached hydrogens (tertiary/aromatic N) is 1. The maximum Gasteiger partial charge on any atom is 0.0429 e. The van der Waals surface area contributed by atoms with E-state index in [-0.39, 0.29) is 0 Å². The summed E-state index contributed by atoms with van der Waals surface area (Å²) in [5.74, 6) is 0. The maximum absolute atomic E-state index is 4.76. The van der Waals surface area contributed by atoms with Crippen LogP contribution in [0.25, 0.3) is 0 Å². The van der Waals surface area contributed by atoms with E-state index < -0.39 is 0 Å². The predicted molar refractivity (Wildman–Crippen MR) is 70.2 cm³/mol. The fourth-order valence-corrected chi connectivity index (χ4v) is 2.28. The second-order valence-corrected chi connectivity index (χ2v) is 4.60. The van der Waals surface area contributed by atoms with E-state index in [2.05, 4.69) is 30.3 Å². The Morgan fingerprint density at radius 2 is 1.56 bits per heavy atom. The molecule has 1 aliphatic carbocycles. The third-order valence-electron chi connectivity index (χ3n) is 3.26. The summed E-state index contributed by atoms with van der Waals surface area (Å²) in [6.45, 7) is 0.972. The highest BCUT2D eigenvalue weighted by atomic mass is 14.7. The lowest BCUT2D eigenvalue weighted by Gasteiger charge is -2.02. The molecule has 0 aliphatic heterocycles. The lowest BCUT2D eigenvalue weighted by molar-refractivity contribution is 0.702. The second-order valence-electron chi connectivity index (χ2n) is 4.60. The largest absolute Gasteiger partial charge is 0.294 e. The molecular formula is C15H21N. The molecule has 1 aromatic carbocycles. The Bertz CT molecular complexity index is 317. The molecule has 1 saturated carbocycles. The van der Waals surface area contributed by atoms with Gasteiger partial charge in [0.05, 0.1) is 0 Å². The zero-order chi connectivity index (χ0) is 11.1. The van der Waals surface area contributed by atoms with Crippen LogP contribution in [0.4, 0.5) is 0 Å². The summed E-state index contributed by atoms with van der Waals surface area (Å²) >= 11 is 0. The van der Waals surface area contributed by atoms with Crippen LogP contribution in [0, 0.1) is 0 Å². The van der Waals surface area contributed by atoms with Gasteiger partial charge in [-0.3, -0.25) is 4.99 Å². The Morgan fingerprint density at radius 3 is 2.25 bits per heavy atom. The Kier molecular flexibility index (Phi) is 4.60. The van der Waals surface area contributed by atoms with Crippen molar-refractivity contribution in [3.05, 3.63) is 35.9 Å². The van der Waals surface area contributed by atoms with E-state index in [9.17, 15) is 0 Å². The minimum absolute atomic E-state index is 0.972. The average molecular weight is 215 g/mol. The van der Waals surface area contributed by atoms with E-state index in [0.29, 0.717) is 0 Å². The molecular weight excluding hydrogens is 194 g/mol. The molecule has 0 heterocycles. The highest BCUT2D eigenvalue weighted by Gasteiger charge is 2.04. The Morgan fingerprint density at radius 1 is 0.875 bits per heavy atom. The van der Waals surface area contributed by atoms with Gasteiger partial charge in [-0.05, 0) is 37.7 Å². The Hall–Kier alpha value is -1.11. The summed E-state index contributed by atoms with van der Waals surface area (Å²) in [7, 11) is 0. The van der Waals surface area contributed by atoms with Gasteiger partial charge in [0, 0.05) is 12.3 Å². The molecule has 0 N–H and O–H groups in total. The molecule has 2 rings (SSSR count). The van der Waals surface area contributed by atoms with Crippen LogP contribution >= 0.6 is 0 Å². The van der Waals surface area contributed by atoms with Crippen molar-refractivity contribution in [3.63, 3.8) is 0 Å². The minimum Gasteiger partial charge on any atom is -0.294 e. The Labute approximate surface area is 98.6 Å². The molecule has 1 aliphatic rings. The first-order chi connectivity index (χ1) is 7.95. The molecule has 86 valence electrons. The first-order valence-corrected chi connectivity index (χ1v) is 6.51. The minimum atomic E-state index is 0.972. The van der Waals surface area contributed by atoms with Crippen LogP contribution in [0.15, 0.2) is 35.3 Å². The van der Waals surface area contributed by atoms with Gasteiger partial charge in [0.15, 0.2) is 0 Å². The van der Waals surface area contributed by atoms with E-state index in [0.717, 1.165) is 13.0 Å². The monoisotopic (exact) mass is 215 g/mol. The topological polar surface area (TPSA) is 12.4 Å². The highest BCUT2D eigenvalue weighted by Crippen LogP contribution is 2.15. The van der Waals surface area contributed by atoms with E-state index in [4.69, 9.17) is 4.99 Å². The highest BCUT2D eigenvalue weighted by molar-refractivity contribution is 5.84. The van der Waals surface area contributed by atoms with Crippen LogP contribution < -0.4 is 0 Å². The molecule has 16 heavy (non-hydrogen) atoms. The van der Waals surface area contributed by atoms with E-state index in [1.165, 1.54) is 49.8 Å². The molecule has 0 bridgehead atoms. The number of aliphatic imine (C=N–C) groups is 1. The SMILES string of the molecule is c1ccc(CCN=C2CCCCCC2)cc1. The molecule has 0 aromatic heterocycles. The smallest absolute Gasteiger partial charge is 0.0429 e. The summed E-state index contributed by atoms with van der Waals surface area (Å²) in [6, 6.07) is 10.7. The van der Waals surface area contributed by atoms with Gasteiger partial charge < -0.3 is 0 Å². The van der Waals surface area contributed by atoms with Gasteiger partial charge in [-0.25, -0.2) is 0 Å². The molecule has 0 saturated heterocycles. The lowest BCUT2D eigenvalue weighted by Crippen LogP contribution is -1.99. The van der Waals surface area contributed by atoms with Crippen LogP contribution in [0.1, 0.15) is 44.1 Å². The van der Waals surface area contributed by atoms with Gasteiger partial charge in [0.1, 0.15) is 0 Å². The van der Waals surface area contributed by atoms with E-state index in [1.807, 2.05) is 0 Å². The van der Waals surface area contributed by atoms with Crippen LogP contribution in [0.5, 0.6) is 0 Å². The second kappa shape index (κ2) is 6.47. The normalized spacial score (nSPS) is 16.9. The first kappa shape index (κ1) is 11.4. The third kappa shape index (κ3) is 3.80. The van der Waals surface area contributed by atoms with Crippen molar-refractivity contribution in [1.29, 1.82) is 0 Å². The van der Waals surface area contributed by atoms with Crippen molar-refractivity contribution in [2.75, 3.05) is 6.54 Å². The Balaban J connectivity index is 1.79.